The SMILES string of the molecule is c1cc2ccc3c4cc5nsnc5cc4c(c1)n23. The number of benzene rings is 1. The van der Waals surface area contributed by atoms with Crippen LogP contribution in [0.5, 0.6) is 0 Å². The summed E-state index contributed by atoms with van der Waals surface area (Å²) in [6, 6.07) is 15.0. The average molecular weight is 249 g/mol. The van der Waals surface area contributed by atoms with E-state index in [4.69, 9.17) is 0 Å². The van der Waals surface area contributed by atoms with Crippen LogP contribution in [0.15, 0.2) is 42.5 Å². The van der Waals surface area contributed by atoms with E-state index in [1.807, 2.05) is 0 Å². The van der Waals surface area contributed by atoms with Gasteiger partial charge in [0.05, 0.1) is 22.8 Å². The Morgan fingerprint density at radius 2 is 1.56 bits per heavy atom. The zero-order chi connectivity index (χ0) is 11.7. The van der Waals surface area contributed by atoms with E-state index in [0.29, 0.717) is 0 Å². The van der Waals surface area contributed by atoms with Gasteiger partial charge in [-0.05, 0) is 36.4 Å². The lowest BCUT2D eigenvalue weighted by Crippen LogP contribution is -1.79. The van der Waals surface area contributed by atoms with E-state index in [2.05, 4.69) is 55.6 Å². The highest BCUT2D eigenvalue weighted by atomic mass is 32.1. The van der Waals surface area contributed by atoms with Crippen LogP contribution in [0, 0.1) is 0 Å². The molecular weight excluding hydrogens is 242 g/mol. The van der Waals surface area contributed by atoms with E-state index in [-0.39, 0.29) is 0 Å². The van der Waals surface area contributed by atoms with E-state index in [9.17, 15) is 0 Å². The van der Waals surface area contributed by atoms with Crippen LogP contribution in [0.4, 0.5) is 0 Å². The lowest BCUT2D eigenvalue weighted by molar-refractivity contribution is 1.36. The van der Waals surface area contributed by atoms with E-state index in [1.54, 1.807) is 0 Å². The minimum Gasteiger partial charge on any atom is -0.309 e. The number of pyridine rings is 1. The topological polar surface area (TPSA) is 30.2 Å². The second kappa shape index (κ2) is 2.79. The van der Waals surface area contributed by atoms with Crippen LogP contribution in [-0.4, -0.2) is 13.1 Å². The molecule has 0 saturated carbocycles. The summed E-state index contributed by atoms with van der Waals surface area (Å²) in [5.74, 6) is 0. The third-order valence-corrected chi connectivity index (χ3v) is 4.17. The fourth-order valence-corrected chi connectivity index (χ4v) is 3.35. The fourth-order valence-electron chi connectivity index (χ4n) is 2.84. The molecule has 0 unspecified atom stereocenters. The molecule has 1 aromatic carbocycles. The van der Waals surface area contributed by atoms with Crippen LogP contribution >= 0.6 is 11.7 Å². The van der Waals surface area contributed by atoms with Gasteiger partial charge < -0.3 is 4.40 Å². The van der Waals surface area contributed by atoms with Gasteiger partial charge in [0.1, 0.15) is 11.0 Å². The molecule has 0 saturated heterocycles. The first-order valence-corrected chi connectivity index (χ1v) is 6.52. The number of nitrogens with zero attached hydrogens (tertiary/aromatic N) is 3. The zero-order valence-electron chi connectivity index (χ0n) is 9.29. The molecule has 5 rings (SSSR count). The molecule has 0 amide bonds. The van der Waals surface area contributed by atoms with Gasteiger partial charge in [-0.25, -0.2) is 0 Å². The van der Waals surface area contributed by atoms with Gasteiger partial charge in [-0.2, -0.15) is 8.75 Å². The molecule has 18 heavy (non-hydrogen) atoms. The van der Waals surface area contributed by atoms with E-state index < -0.39 is 0 Å². The van der Waals surface area contributed by atoms with Crippen molar-refractivity contribution in [3.8, 4) is 0 Å². The highest BCUT2D eigenvalue weighted by Crippen LogP contribution is 2.33. The summed E-state index contributed by atoms with van der Waals surface area (Å²) >= 11 is 1.27. The largest absolute Gasteiger partial charge is 0.309 e. The van der Waals surface area contributed by atoms with Crippen molar-refractivity contribution in [2.45, 2.75) is 0 Å². The number of fused-ring (bicyclic) bond motifs is 4. The molecule has 0 atom stereocenters. The molecule has 3 nitrogen and oxygen atoms in total. The Hall–Kier alpha value is -2.20. The van der Waals surface area contributed by atoms with Crippen LogP contribution in [-0.2, 0) is 0 Å². The van der Waals surface area contributed by atoms with Crippen molar-refractivity contribution in [3.63, 3.8) is 0 Å². The highest BCUT2D eigenvalue weighted by molar-refractivity contribution is 7.00. The van der Waals surface area contributed by atoms with Crippen molar-refractivity contribution < 1.29 is 0 Å². The summed E-state index contributed by atoms with van der Waals surface area (Å²) in [7, 11) is 0. The quantitative estimate of drug-likeness (QED) is 0.419. The van der Waals surface area contributed by atoms with E-state index >= 15 is 0 Å². The van der Waals surface area contributed by atoms with Crippen molar-refractivity contribution in [2.75, 3.05) is 0 Å². The van der Waals surface area contributed by atoms with Gasteiger partial charge in [0.25, 0.3) is 0 Å². The fraction of sp³-hybridized carbons (Fsp3) is 0. The van der Waals surface area contributed by atoms with Crippen molar-refractivity contribution in [1.82, 2.24) is 13.1 Å². The Morgan fingerprint density at radius 3 is 2.33 bits per heavy atom. The minimum atomic E-state index is 0.988. The molecule has 0 fully saturated rings. The van der Waals surface area contributed by atoms with Gasteiger partial charge in [0, 0.05) is 16.3 Å². The van der Waals surface area contributed by atoms with E-state index in [0.717, 1.165) is 11.0 Å². The normalized spacial score (nSPS) is 12.4. The van der Waals surface area contributed by atoms with Crippen molar-refractivity contribution in [3.05, 3.63) is 42.5 Å². The highest BCUT2D eigenvalue weighted by Gasteiger charge is 2.12. The molecule has 4 aromatic heterocycles. The first-order valence-electron chi connectivity index (χ1n) is 5.79. The average Bonchev–Trinajstić information content (AvgIpc) is 3.08. The molecule has 0 aliphatic heterocycles. The Kier molecular flexibility index (Phi) is 1.37. The number of rotatable bonds is 0. The summed E-state index contributed by atoms with van der Waals surface area (Å²) in [6.07, 6.45) is 0. The first kappa shape index (κ1) is 8.83. The van der Waals surface area contributed by atoms with Gasteiger partial charge in [0.2, 0.25) is 0 Å². The Morgan fingerprint density at radius 1 is 0.833 bits per heavy atom. The van der Waals surface area contributed by atoms with Crippen LogP contribution in [0.25, 0.3) is 38.4 Å². The predicted molar refractivity (Wildman–Crippen MR) is 74.6 cm³/mol. The molecule has 0 aliphatic rings. The maximum atomic E-state index is 4.33. The molecule has 4 heterocycles. The van der Waals surface area contributed by atoms with Crippen molar-refractivity contribution in [2.24, 2.45) is 0 Å². The number of hydrogen-bond acceptors (Lipinski definition) is 3. The number of aromatic nitrogens is 3. The Labute approximate surface area is 106 Å². The zero-order valence-corrected chi connectivity index (χ0v) is 10.1. The van der Waals surface area contributed by atoms with Crippen LogP contribution in [0.2, 0.25) is 0 Å². The van der Waals surface area contributed by atoms with E-state index in [1.165, 1.54) is 39.1 Å². The lowest BCUT2D eigenvalue weighted by Gasteiger charge is -1.95. The third kappa shape index (κ3) is 0.876. The summed E-state index contributed by atoms with van der Waals surface area (Å²) in [4.78, 5) is 0. The second-order valence-corrected chi connectivity index (χ2v) is 5.07. The van der Waals surface area contributed by atoms with Gasteiger partial charge in [-0.3, -0.25) is 0 Å². The van der Waals surface area contributed by atoms with Gasteiger partial charge in [0.15, 0.2) is 0 Å². The maximum absolute atomic E-state index is 4.33. The molecular formula is C14H7N3S. The molecule has 0 aliphatic carbocycles. The lowest BCUT2D eigenvalue weighted by atomic mass is 10.1. The molecule has 0 bridgehead atoms. The number of hydrogen-bond donors (Lipinski definition) is 0. The Bertz CT molecular complexity index is 995. The Balaban J connectivity index is 2.22. The smallest absolute Gasteiger partial charge is 0.105 e. The maximum Gasteiger partial charge on any atom is 0.105 e. The summed E-state index contributed by atoms with van der Waals surface area (Å²) < 4.78 is 11.0. The monoisotopic (exact) mass is 249 g/mol. The van der Waals surface area contributed by atoms with Crippen molar-refractivity contribution in [1.29, 1.82) is 0 Å². The summed E-state index contributed by atoms with van der Waals surface area (Å²) in [6.45, 7) is 0. The van der Waals surface area contributed by atoms with Gasteiger partial charge in [-0.1, -0.05) is 6.07 Å². The summed E-state index contributed by atoms with van der Waals surface area (Å²) in [5, 5.41) is 2.52. The van der Waals surface area contributed by atoms with Crippen molar-refractivity contribution >= 4 is 50.1 Å². The molecule has 5 aromatic rings. The molecule has 0 radical (unpaired) electrons. The molecule has 0 N–H and O–H groups in total. The van der Waals surface area contributed by atoms with Gasteiger partial charge in [-0.15, -0.1) is 0 Å². The molecule has 4 heteroatoms. The molecule has 0 spiro atoms. The first-order chi connectivity index (χ1) is 8.92. The van der Waals surface area contributed by atoms with Gasteiger partial charge >= 0.3 is 0 Å². The third-order valence-electron chi connectivity index (χ3n) is 3.62. The molecule has 84 valence electrons. The summed E-state index contributed by atoms with van der Waals surface area (Å²) in [5.41, 5.74) is 5.72. The predicted octanol–water partition coefficient (Wildman–Crippen LogP) is 3.69. The standard InChI is InChI=1S/C14H7N3S/c1-2-8-4-5-14-10-7-12-11(15-18-16-12)6-9(10)13(3-1)17(8)14/h1-7H. The minimum absolute atomic E-state index is 0.988. The van der Waals surface area contributed by atoms with Crippen LogP contribution in [0.1, 0.15) is 0 Å². The van der Waals surface area contributed by atoms with Crippen LogP contribution in [0.3, 0.4) is 0 Å². The van der Waals surface area contributed by atoms with Crippen LogP contribution < -0.4 is 0 Å². The second-order valence-electron chi connectivity index (χ2n) is 4.54.